The molecule has 61 heavy (non-hydrogen) atoms. The molecule has 12 aromatic rings. The number of fused-ring (bicyclic) bond motifs is 7. The fourth-order valence-corrected chi connectivity index (χ4v) is 9.34. The summed E-state index contributed by atoms with van der Waals surface area (Å²) >= 11 is 0. The number of hydrogen-bond donors (Lipinski definition) is 0. The van der Waals surface area contributed by atoms with E-state index in [0.717, 1.165) is 72.5 Å². The number of furan rings is 1. The van der Waals surface area contributed by atoms with E-state index >= 15 is 0 Å². The lowest BCUT2D eigenvalue weighted by molar-refractivity contribution is 0.671. The molecule has 0 saturated heterocycles. The molecule has 0 N–H and O–H groups in total. The normalized spacial score (nSPS) is 11.6. The van der Waals surface area contributed by atoms with Crippen LogP contribution >= 0.6 is 0 Å². The smallest absolute Gasteiger partial charge is 0.143 e. The van der Waals surface area contributed by atoms with Gasteiger partial charge in [-0.3, -0.25) is 0 Å². The molecule has 0 aliphatic carbocycles. The molecule has 0 bridgehead atoms. The van der Waals surface area contributed by atoms with Gasteiger partial charge in [-0.15, -0.1) is 0 Å². The fraction of sp³-hybridized carbons (Fsp3) is 0. The molecule has 12 rings (SSSR count). The van der Waals surface area contributed by atoms with Gasteiger partial charge in [-0.05, 0) is 82.2 Å². The fourth-order valence-electron chi connectivity index (χ4n) is 9.34. The highest BCUT2D eigenvalue weighted by Gasteiger charge is 2.19. The van der Waals surface area contributed by atoms with E-state index in [1.165, 1.54) is 38.1 Å². The Morgan fingerprint density at radius 3 is 1.46 bits per heavy atom. The van der Waals surface area contributed by atoms with Crippen LogP contribution in [0, 0.1) is 0 Å². The molecule has 0 aliphatic heterocycles. The summed E-state index contributed by atoms with van der Waals surface area (Å²) in [4.78, 5) is 2.37. The topological polar surface area (TPSA) is 21.3 Å². The van der Waals surface area contributed by atoms with Gasteiger partial charge in [0.05, 0.1) is 16.7 Å². The second kappa shape index (κ2) is 14.3. The van der Waals surface area contributed by atoms with Gasteiger partial charge in [0, 0.05) is 55.1 Å². The van der Waals surface area contributed by atoms with Crippen molar-refractivity contribution >= 4 is 71.6 Å². The van der Waals surface area contributed by atoms with Crippen LogP contribution in [0.2, 0.25) is 0 Å². The van der Waals surface area contributed by atoms with Crippen LogP contribution in [0.1, 0.15) is 0 Å². The molecule has 0 amide bonds. The average Bonchev–Trinajstić information content (AvgIpc) is 3.89. The molecule has 2 aromatic heterocycles. The van der Waals surface area contributed by atoms with Gasteiger partial charge < -0.3 is 13.9 Å². The summed E-state index contributed by atoms with van der Waals surface area (Å²) in [5.74, 6) is 0. The standard InChI is InChI=1S/C58H38N2O/c1-2-14-41(15-3-1)48-23-12-25-52-53-26-13-24-49(58(53)61-57(48)52)42-32-36-45(37-33-42)59(54-29-11-17-40-16-4-5-20-47(40)54)44-34-30-39(31-35-44)43-18-10-19-46(38-43)60-55-27-8-6-21-50(55)51-22-7-9-28-56(51)60/h1-38H. The summed E-state index contributed by atoms with van der Waals surface area (Å²) in [6.07, 6.45) is 0. The van der Waals surface area contributed by atoms with Crippen LogP contribution < -0.4 is 4.90 Å². The van der Waals surface area contributed by atoms with Gasteiger partial charge in [0.25, 0.3) is 0 Å². The summed E-state index contributed by atoms with van der Waals surface area (Å²) in [7, 11) is 0. The summed E-state index contributed by atoms with van der Waals surface area (Å²) in [5, 5.41) is 7.16. The first-order chi connectivity index (χ1) is 30.3. The summed E-state index contributed by atoms with van der Waals surface area (Å²) in [6.45, 7) is 0. The maximum Gasteiger partial charge on any atom is 0.143 e. The van der Waals surface area contributed by atoms with Gasteiger partial charge in [-0.1, -0.05) is 176 Å². The van der Waals surface area contributed by atoms with Gasteiger partial charge in [0.2, 0.25) is 0 Å². The first kappa shape index (κ1) is 34.9. The van der Waals surface area contributed by atoms with Crippen LogP contribution in [0.4, 0.5) is 17.1 Å². The molecule has 0 fully saturated rings. The van der Waals surface area contributed by atoms with Gasteiger partial charge >= 0.3 is 0 Å². The number of rotatable bonds is 7. The first-order valence-corrected chi connectivity index (χ1v) is 20.8. The molecule has 286 valence electrons. The van der Waals surface area contributed by atoms with Crippen LogP contribution in [-0.2, 0) is 0 Å². The van der Waals surface area contributed by atoms with E-state index in [2.05, 4.69) is 234 Å². The van der Waals surface area contributed by atoms with Crippen molar-refractivity contribution in [3.05, 3.63) is 231 Å². The molecular weight excluding hydrogens is 741 g/mol. The van der Waals surface area contributed by atoms with Crippen molar-refractivity contribution in [2.75, 3.05) is 4.90 Å². The molecule has 3 nitrogen and oxygen atoms in total. The zero-order valence-corrected chi connectivity index (χ0v) is 33.2. The van der Waals surface area contributed by atoms with Crippen LogP contribution in [0.15, 0.2) is 235 Å². The molecule has 0 radical (unpaired) electrons. The lowest BCUT2D eigenvalue weighted by atomic mass is 9.99. The second-order valence-corrected chi connectivity index (χ2v) is 15.7. The largest absolute Gasteiger partial charge is 0.455 e. The van der Waals surface area contributed by atoms with E-state index in [1.807, 2.05) is 6.07 Å². The number of nitrogens with zero attached hydrogens (tertiary/aromatic N) is 2. The highest BCUT2D eigenvalue weighted by atomic mass is 16.3. The summed E-state index contributed by atoms with van der Waals surface area (Å²) in [5.41, 5.74) is 15.4. The Bertz CT molecular complexity index is 3520. The van der Waals surface area contributed by atoms with Gasteiger partial charge in [-0.25, -0.2) is 0 Å². The Labute approximate surface area is 353 Å². The average molecular weight is 779 g/mol. The molecule has 0 saturated carbocycles. The SMILES string of the molecule is c1ccc(-c2cccc3c2oc2c(-c4ccc(N(c5ccc(-c6cccc(-n7c8ccccc8c8ccccc87)c6)cc5)c5cccc6ccccc56)cc4)cccc23)cc1. The van der Waals surface area contributed by atoms with Crippen LogP contribution in [-0.4, -0.2) is 4.57 Å². The number of benzene rings is 10. The Balaban J connectivity index is 0.939. The zero-order valence-electron chi connectivity index (χ0n) is 33.2. The van der Waals surface area contributed by atoms with Crippen molar-refractivity contribution in [3.8, 4) is 39.1 Å². The molecule has 0 unspecified atom stereocenters. The predicted octanol–water partition coefficient (Wildman–Crippen LogP) is 16.3. The second-order valence-electron chi connectivity index (χ2n) is 15.7. The highest BCUT2D eigenvalue weighted by Crippen LogP contribution is 2.43. The maximum atomic E-state index is 6.79. The lowest BCUT2D eigenvalue weighted by Crippen LogP contribution is -2.10. The van der Waals surface area contributed by atoms with Gasteiger partial charge in [-0.2, -0.15) is 0 Å². The van der Waals surface area contributed by atoms with Gasteiger partial charge in [0.15, 0.2) is 0 Å². The quantitative estimate of drug-likeness (QED) is 0.161. The van der Waals surface area contributed by atoms with Crippen molar-refractivity contribution in [2.45, 2.75) is 0 Å². The van der Waals surface area contributed by atoms with Crippen LogP contribution in [0.25, 0.3) is 93.6 Å². The predicted molar refractivity (Wildman–Crippen MR) is 257 cm³/mol. The van der Waals surface area contributed by atoms with Crippen LogP contribution in [0.5, 0.6) is 0 Å². The van der Waals surface area contributed by atoms with E-state index in [4.69, 9.17) is 4.42 Å². The molecule has 10 aromatic carbocycles. The minimum atomic E-state index is 0.900. The molecule has 3 heteroatoms. The van der Waals surface area contributed by atoms with E-state index < -0.39 is 0 Å². The molecule has 0 atom stereocenters. The van der Waals surface area contributed by atoms with E-state index in [0.29, 0.717) is 0 Å². The molecule has 0 aliphatic rings. The Kier molecular flexibility index (Phi) is 8.17. The minimum Gasteiger partial charge on any atom is -0.455 e. The highest BCUT2D eigenvalue weighted by molar-refractivity contribution is 6.13. The van der Waals surface area contributed by atoms with Crippen molar-refractivity contribution in [2.24, 2.45) is 0 Å². The third kappa shape index (κ3) is 5.82. The lowest BCUT2D eigenvalue weighted by Gasteiger charge is -2.27. The third-order valence-electron chi connectivity index (χ3n) is 12.2. The van der Waals surface area contributed by atoms with E-state index in [9.17, 15) is 0 Å². The Hall–Kier alpha value is -8.14. The first-order valence-electron chi connectivity index (χ1n) is 20.8. The molecular formula is C58H38N2O. The van der Waals surface area contributed by atoms with Crippen molar-refractivity contribution in [1.29, 1.82) is 0 Å². The van der Waals surface area contributed by atoms with Crippen molar-refractivity contribution in [3.63, 3.8) is 0 Å². The number of hydrogen-bond acceptors (Lipinski definition) is 2. The van der Waals surface area contributed by atoms with E-state index in [-0.39, 0.29) is 0 Å². The Morgan fingerprint density at radius 2 is 0.803 bits per heavy atom. The Morgan fingerprint density at radius 1 is 0.328 bits per heavy atom. The zero-order chi connectivity index (χ0) is 40.3. The maximum absolute atomic E-state index is 6.79. The summed E-state index contributed by atoms with van der Waals surface area (Å²) in [6, 6.07) is 82.7. The van der Waals surface area contributed by atoms with Crippen LogP contribution in [0.3, 0.4) is 0 Å². The molecule has 0 spiro atoms. The number of para-hydroxylation sites is 4. The monoisotopic (exact) mass is 778 g/mol. The van der Waals surface area contributed by atoms with Gasteiger partial charge in [0.1, 0.15) is 11.2 Å². The van der Waals surface area contributed by atoms with E-state index in [1.54, 1.807) is 0 Å². The van der Waals surface area contributed by atoms with Crippen molar-refractivity contribution < 1.29 is 4.42 Å². The third-order valence-corrected chi connectivity index (χ3v) is 12.2. The molecule has 2 heterocycles. The minimum absolute atomic E-state index is 0.900. The summed E-state index contributed by atoms with van der Waals surface area (Å²) < 4.78 is 9.17. The number of aromatic nitrogens is 1. The number of anilines is 3. The van der Waals surface area contributed by atoms with Crippen molar-refractivity contribution in [1.82, 2.24) is 4.57 Å².